The number of nitrogens with two attached hydrogens (primary N) is 1. The topological polar surface area (TPSA) is 72.9 Å². The second-order valence-electron chi connectivity index (χ2n) is 4.05. The Morgan fingerprint density at radius 2 is 2.21 bits per heavy atom. The standard InChI is InChI=1S/C12H12ClIN4O/c1-6-10(15)11(18(2)17-6)12(19)16-9-4-3-7(13)5-8(9)14/h3-5H,15H2,1-2H3,(H,16,19). The van der Waals surface area contributed by atoms with E-state index >= 15 is 0 Å². The Bertz CT molecular complexity index is 653. The number of aryl methyl sites for hydroxylation is 2. The number of carbonyl (C=O) groups excluding carboxylic acids is 1. The summed E-state index contributed by atoms with van der Waals surface area (Å²) in [5.41, 5.74) is 7.92. The number of hydrogen-bond acceptors (Lipinski definition) is 3. The number of benzene rings is 1. The molecule has 0 spiro atoms. The highest BCUT2D eigenvalue weighted by atomic mass is 127. The Kier molecular flexibility index (Phi) is 4.00. The van der Waals surface area contributed by atoms with Gasteiger partial charge in [0.2, 0.25) is 0 Å². The molecule has 100 valence electrons. The lowest BCUT2D eigenvalue weighted by Gasteiger charge is -2.08. The first-order valence-electron chi connectivity index (χ1n) is 5.45. The number of halogens is 2. The van der Waals surface area contributed by atoms with Gasteiger partial charge in [0, 0.05) is 15.6 Å². The van der Waals surface area contributed by atoms with Crippen LogP contribution in [0.4, 0.5) is 11.4 Å². The van der Waals surface area contributed by atoms with E-state index in [9.17, 15) is 4.79 Å². The van der Waals surface area contributed by atoms with Gasteiger partial charge in [0.25, 0.3) is 5.91 Å². The van der Waals surface area contributed by atoms with E-state index in [2.05, 4.69) is 33.0 Å². The summed E-state index contributed by atoms with van der Waals surface area (Å²) in [7, 11) is 1.69. The van der Waals surface area contributed by atoms with Crippen molar-refractivity contribution in [1.29, 1.82) is 0 Å². The molecule has 2 rings (SSSR count). The SMILES string of the molecule is Cc1nn(C)c(C(=O)Nc2ccc(Cl)cc2I)c1N. The molecule has 0 aliphatic heterocycles. The van der Waals surface area contributed by atoms with Gasteiger partial charge >= 0.3 is 0 Å². The molecule has 0 fully saturated rings. The van der Waals surface area contributed by atoms with E-state index in [-0.39, 0.29) is 5.91 Å². The third-order valence-corrected chi connectivity index (χ3v) is 3.79. The molecule has 7 heteroatoms. The van der Waals surface area contributed by atoms with E-state index in [4.69, 9.17) is 17.3 Å². The molecular weight excluding hydrogens is 379 g/mol. The summed E-state index contributed by atoms with van der Waals surface area (Å²) in [6.45, 7) is 1.76. The number of anilines is 2. The van der Waals surface area contributed by atoms with Gasteiger partial charge in [-0.05, 0) is 47.7 Å². The predicted octanol–water partition coefficient (Wildman–Crippen LogP) is 2.82. The molecular formula is C12H12ClIN4O. The Morgan fingerprint density at radius 1 is 1.53 bits per heavy atom. The molecule has 2 aromatic rings. The van der Waals surface area contributed by atoms with Gasteiger partial charge in [0.1, 0.15) is 5.69 Å². The van der Waals surface area contributed by atoms with Gasteiger partial charge in [-0.15, -0.1) is 0 Å². The van der Waals surface area contributed by atoms with E-state index in [0.29, 0.717) is 27.8 Å². The zero-order valence-electron chi connectivity index (χ0n) is 10.4. The van der Waals surface area contributed by atoms with Crippen LogP contribution in [0.25, 0.3) is 0 Å². The van der Waals surface area contributed by atoms with E-state index in [1.54, 1.807) is 32.2 Å². The lowest BCUT2D eigenvalue weighted by molar-refractivity contribution is 0.101. The van der Waals surface area contributed by atoms with Crippen molar-refractivity contribution < 1.29 is 4.79 Å². The van der Waals surface area contributed by atoms with Crippen molar-refractivity contribution in [2.45, 2.75) is 6.92 Å². The lowest BCUT2D eigenvalue weighted by Crippen LogP contribution is -2.18. The molecule has 3 N–H and O–H groups in total. The summed E-state index contributed by atoms with van der Waals surface area (Å²) in [6.07, 6.45) is 0. The van der Waals surface area contributed by atoms with Crippen LogP contribution in [-0.2, 0) is 7.05 Å². The van der Waals surface area contributed by atoms with Gasteiger partial charge < -0.3 is 11.1 Å². The van der Waals surface area contributed by atoms with Gasteiger partial charge in [-0.2, -0.15) is 5.10 Å². The van der Waals surface area contributed by atoms with Gasteiger partial charge in [-0.3, -0.25) is 9.48 Å². The van der Waals surface area contributed by atoms with E-state index in [0.717, 1.165) is 3.57 Å². The fourth-order valence-electron chi connectivity index (χ4n) is 1.72. The number of amides is 1. The average molecular weight is 391 g/mol. The smallest absolute Gasteiger partial charge is 0.276 e. The monoisotopic (exact) mass is 390 g/mol. The molecule has 5 nitrogen and oxygen atoms in total. The molecule has 0 aliphatic rings. The predicted molar refractivity (Wildman–Crippen MR) is 84.5 cm³/mol. The molecule has 1 heterocycles. The van der Waals surface area contributed by atoms with E-state index in [1.807, 2.05) is 0 Å². The minimum Gasteiger partial charge on any atom is -0.395 e. The van der Waals surface area contributed by atoms with Gasteiger partial charge in [-0.25, -0.2) is 0 Å². The first-order valence-corrected chi connectivity index (χ1v) is 6.91. The van der Waals surface area contributed by atoms with Crippen molar-refractivity contribution in [3.8, 4) is 0 Å². The molecule has 1 aromatic heterocycles. The number of carbonyl (C=O) groups is 1. The van der Waals surface area contributed by atoms with Crippen molar-refractivity contribution in [3.05, 3.63) is 38.2 Å². The minimum atomic E-state index is -0.291. The maximum atomic E-state index is 12.2. The molecule has 0 atom stereocenters. The minimum absolute atomic E-state index is 0.291. The average Bonchev–Trinajstić information content (AvgIpc) is 2.57. The summed E-state index contributed by atoms with van der Waals surface area (Å²) in [5.74, 6) is -0.291. The summed E-state index contributed by atoms with van der Waals surface area (Å²) < 4.78 is 2.33. The van der Waals surface area contributed by atoms with Gasteiger partial charge in [0.05, 0.1) is 17.1 Å². The molecule has 0 saturated carbocycles. The highest BCUT2D eigenvalue weighted by Gasteiger charge is 2.18. The van der Waals surface area contributed by atoms with Crippen molar-refractivity contribution in [3.63, 3.8) is 0 Å². The fraction of sp³-hybridized carbons (Fsp3) is 0.167. The first kappa shape index (κ1) is 14.1. The molecule has 0 saturated heterocycles. The number of nitrogens with one attached hydrogen (secondary N) is 1. The Balaban J connectivity index is 2.31. The zero-order valence-corrected chi connectivity index (χ0v) is 13.3. The third-order valence-electron chi connectivity index (χ3n) is 2.66. The number of hydrogen-bond donors (Lipinski definition) is 2. The molecule has 1 amide bonds. The van der Waals surface area contributed by atoms with Crippen molar-refractivity contribution in [2.24, 2.45) is 7.05 Å². The van der Waals surface area contributed by atoms with Crippen LogP contribution in [0.1, 0.15) is 16.2 Å². The van der Waals surface area contributed by atoms with Crippen LogP contribution in [0.2, 0.25) is 5.02 Å². The van der Waals surface area contributed by atoms with E-state index < -0.39 is 0 Å². The van der Waals surface area contributed by atoms with Crippen LogP contribution in [0.3, 0.4) is 0 Å². The van der Waals surface area contributed by atoms with Crippen LogP contribution in [0, 0.1) is 10.5 Å². The second-order valence-corrected chi connectivity index (χ2v) is 5.65. The Labute approximate surface area is 129 Å². The summed E-state index contributed by atoms with van der Waals surface area (Å²) in [4.78, 5) is 12.2. The van der Waals surface area contributed by atoms with Crippen LogP contribution < -0.4 is 11.1 Å². The largest absolute Gasteiger partial charge is 0.395 e. The summed E-state index contributed by atoms with van der Waals surface area (Å²) in [6, 6.07) is 5.24. The maximum Gasteiger partial charge on any atom is 0.276 e. The molecule has 19 heavy (non-hydrogen) atoms. The summed E-state index contributed by atoms with van der Waals surface area (Å²) >= 11 is 7.98. The number of aromatic nitrogens is 2. The lowest BCUT2D eigenvalue weighted by atomic mass is 10.2. The third kappa shape index (κ3) is 2.84. The highest BCUT2D eigenvalue weighted by Crippen LogP contribution is 2.24. The molecule has 1 aromatic carbocycles. The zero-order chi connectivity index (χ0) is 14.2. The fourth-order valence-corrected chi connectivity index (χ4v) is 2.72. The summed E-state index contributed by atoms with van der Waals surface area (Å²) in [5, 5.41) is 7.54. The molecule has 0 bridgehead atoms. The number of rotatable bonds is 2. The molecule has 0 unspecified atom stereocenters. The quantitative estimate of drug-likeness (QED) is 0.775. The number of nitrogen functional groups attached to an aromatic ring is 1. The maximum absolute atomic E-state index is 12.2. The Hall–Kier alpha value is -1.28. The van der Waals surface area contributed by atoms with Crippen molar-refractivity contribution >= 4 is 51.5 Å². The number of nitrogens with zero attached hydrogens (tertiary/aromatic N) is 2. The van der Waals surface area contributed by atoms with Gasteiger partial charge in [0.15, 0.2) is 0 Å². The van der Waals surface area contributed by atoms with Crippen molar-refractivity contribution in [1.82, 2.24) is 9.78 Å². The van der Waals surface area contributed by atoms with E-state index in [1.165, 1.54) is 4.68 Å². The normalized spacial score (nSPS) is 10.5. The van der Waals surface area contributed by atoms with Crippen LogP contribution in [-0.4, -0.2) is 15.7 Å². The first-order chi connectivity index (χ1) is 8.90. The van der Waals surface area contributed by atoms with Gasteiger partial charge in [-0.1, -0.05) is 11.6 Å². The van der Waals surface area contributed by atoms with Crippen molar-refractivity contribution in [2.75, 3.05) is 11.1 Å². The van der Waals surface area contributed by atoms with Crippen LogP contribution >= 0.6 is 34.2 Å². The van der Waals surface area contributed by atoms with Crippen LogP contribution in [0.15, 0.2) is 18.2 Å². The molecule has 0 aliphatic carbocycles. The second kappa shape index (κ2) is 5.38. The molecule has 0 radical (unpaired) electrons. The van der Waals surface area contributed by atoms with Crippen LogP contribution in [0.5, 0.6) is 0 Å². The highest BCUT2D eigenvalue weighted by molar-refractivity contribution is 14.1. The Morgan fingerprint density at radius 3 is 2.74 bits per heavy atom.